The Kier molecular flexibility index (Phi) is 4.36. The predicted octanol–water partition coefficient (Wildman–Crippen LogP) is 2.14. The fraction of sp³-hybridized carbons (Fsp3) is 0.583. The van der Waals surface area contributed by atoms with Crippen LogP contribution in [-0.2, 0) is 10.2 Å². The summed E-state index contributed by atoms with van der Waals surface area (Å²) in [7, 11) is -3.68. The maximum Gasteiger partial charge on any atom is 0.348 e. The van der Waals surface area contributed by atoms with Gasteiger partial charge in [-0.05, 0) is 36.6 Å². The Morgan fingerprint density at radius 1 is 1.45 bits per heavy atom. The van der Waals surface area contributed by atoms with Gasteiger partial charge in [-0.15, -0.1) is 11.3 Å². The summed E-state index contributed by atoms with van der Waals surface area (Å²) in [5, 5.41) is 10.7. The third-order valence-electron chi connectivity index (χ3n) is 3.48. The molecule has 1 aliphatic heterocycles. The van der Waals surface area contributed by atoms with Crippen LogP contribution in [0.1, 0.15) is 35.0 Å². The minimum atomic E-state index is -3.68. The summed E-state index contributed by atoms with van der Waals surface area (Å²) in [5.41, 5.74) is 0.808. The second-order valence-electron chi connectivity index (χ2n) is 5.12. The molecule has 1 aliphatic rings. The van der Waals surface area contributed by atoms with Crippen LogP contribution in [-0.4, -0.2) is 36.9 Å². The second-order valence-corrected chi connectivity index (χ2v) is 7.67. The van der Waals surface area contributed by atoms with Crippen LogP contribution in [0.2, 0.25) is 0 Å². The summed E-state index contributed by atoms with van der Waals surface area (Å²) in [6.45, 7) is 4.74. The molecular weight excluding hydrogens is 300 g/mol. The number of piperidine rings is 1. The Morgan fingerprint density at radius 3 is 2.60 bits per heavy atom. The summed E-state index contributed by atoms with van der Waals surface area (Å²) in [4.78, 5) is 11.1. The molecule has 0 spiro atoms. The SMILES string of the molecule is Cc1csc(C(=O)O)c1NS(=O)(=O)N1CCC(C)CC1. The lowest BCUT2D eigenvalue weighted by Crippen LogP contribution is -2.41. The molecule has 1 saturated heterocycles. The van der Waals surface area contributed by atoms with Gasteiger partial charge in [-0.1, -0.05) is 6.92 Å². The van der Waals surface area contributed by atoms with Crippen molar-refractivity contribution < 1.29 is 18.3 Å². The van der Waals surface area contributed by atoms with Crippen LogP contribution in [0.3, 0.4) is 0 Å². The number of carbonyl (C=O) groups is 1. The molecule has 6 nitrogen and oxygen atoms in total. The molecule has 2 rings (SSSR count). The van der Waals surface area contributed by atoms with Crippen molar-refractivity contribution in [2.75, 3.05) is 17.8 Å². The lowest BCUT2D eigenvalue weighted by atomic mass is 10.0. The third-order valence-corrected chi connectivity index (χ3v) is 6.08. The van der Waals surface area contributed by atoms with Gasteiger partial charge in [0.25, 0.3) is 0 Å². The van der Waals surface area contributed by atoms with Crippen molar-refractivity contribution in [1.82, 2.24) is 4.31 Å². The smallest absolute Gasteiger partial charge is 0.348 e. The molecule has 1 aromatic heterocycles. The average Bonchev–Trinajstić information content (AvgIpc) is 2.71. The highest BCUT2D eigenvalue weighted by Crippen LogP contribution is 2.29. The minimum Gasteiger partial charge on any atom is -0.477 e. The topological polar surface area (TPSA) is 86.7 Å². The number of carboxylic acids is 1. The van der Waals surface area contributed by atoms with Gasteiger partial charge >= 0.3 is 16.2 Å². The van der Waals surface area contributed by atoms with E-state index in [2.05, 4.69) is 11.6 Å². The highest BCUT2D eigenvalue weighted by molar-refractivity contribution is 7.90. The molecule has 20 heavy (non-hydrogen) atoms. The summed E-state index contributed by atoms with van der Waals surface area (Å²) < 4.78 is 28.4. The molecule has 0 amide bonds. The van der Waals surface area contributed by atoms with Crippen LogP contribution in [0.4, 0.5) is 5.69 Å². The van der Waals surface area contributed by atoms with Gasteiger partial charge in [0.1, 0.15) is 4.88 Å². The van der Waals surface area contributed by atoms with Crippen molar-refractivity contribution in [2.24, 2.45) is 5.92 Å². The molecule has 8 heteroatoms. The van der Waals surface area contributed by atoms with Gasteiger partial charge in [-0.3, -0.25) is 4.72 Å². The monoisotopic (exact) mass is 318 g/mol. The molecule has 0 saturated carbocycles. The van der Waals surface area contributed by atoms with E-state index in [9.17, 15) is 13.2 Å². The highest BCUT2D eigenvalue weighted by Gasteiger charge is 2.28. The fourth-order valence-corrected chi connectivity index (χ4v) is 4.40. The van der Waals surface area contributed by atoms with Crippen molar-refractivity contribution in [2.45, 2.75) is 26.7 Å². The molecule has 2 heterocycles. The second kappa shape index (κ2) is 5.71. The molecule has 0 aliphatic carbocycles. The van der Waals surface area contributed by atoms with E-state index in [1.807, 2.05) is 0 Å². The quantitative estimate of drug-likeness (QED) is 0.890. The third kappa shape index (κ3) is 3.13. The molecule has 0 aromatic carbocycles. The number of anilines is 1. The number of thiophene rings is 1. The fourth-order valence-electron chi connectivity index (χ4n) is 2.15. The number of hydrogen-bond acceptors (Lipinski definition) is 4. The number of hydrogen-bond donors (Lipinski definition) is 2. The van der Waals surface area contributed by atoms with Crippen LogP contribution in [0.5, 0.6) is 0 Å². The summed E-state index contributed by atoms with van der Waals surface area (Å²) in [6, 6.07) is 0. The van der Waals surface area contributed by atoms with E-state index in [1.54, 1.807) is 12.3 Å². The Balaban J connectivity index is 2.20. The molecule has 2 N–H and O–H groups in total. The van der Waals surface area contributed by atoms with Gasteiger partial charge in [-0.2, -0.15) is 12.7 Å². The minimum absolute atomic E-state index is 0.0245. The first-order valence-corrected chi connectivity index (χ1v) is 8.72. The van der Waals surface area contributed by atoms with Gasteiger partial charge in [0, 0.05) is 13.1 Å². The highest BCUT2D eigenvalue weighted by atomic mass is 32.2. The van der Waals surface area contributed by atoms with Crippen LogP contribution in [0.15, 0.2) is 5.38 Å². The zero-order valence-electron chi connectivity index (χ0n) is 11.4. The maximum absolute atomic E-state index is 12.3. The Labute approximate surface area is 122 Å². The van der Waals surface area contributed by atoms with Gasteiger partial charge < -0.3 is 5.11 Å². The first-order valence-electron chi connectivity index (χ1n) is 6.40. The molecule has 0 bridgehead atoms. The van der Waals surface area contributed by atoms with Gasteiger partial charge in [0.2, 0.25) is 0 Å². The van der Waals surface area contributed by atoms with Crippen LogP contribution in [0, 0.1) is 12.8 Å². The average molecular weight is 318 g/mol. The lowest BCUT2D eigenvalue weighted by Gasteiger charge is -2.29. The van der Waals surface area contributed by atoms with E-state index >= 15 is 0 Å². The van der Waals surface area contributed by atoms with E-state index in [0.717, 1.165) is 24.2 Å². The Bertz CT molecular complexity index is 601. The molecular formula is C12H18N2O4S2. The number of nitrogens with one attached hydrogen (secondary N) is 1. The van der Waals surface area contributed by atoms with E-state index in [-0.39, 0.29) is 10.6 Å². The van der Waals surface area contributed by atoms with Crippen molar-refractivity contribution in [3.8, 4) is 0 Å². The van der Waals surface area contributed by atoms with Crippen molar-refractivity contribution in [3.63, 3.8) is 0 Å². The van der Waals surface area contributed by atoms with Crippen LogP contribution >= 0.6 is 11.3 Å². The number of aromatic carboxylic acids is 1. The molecule has 1 aromatic rings. The summed E-state index contributed by atoms with van der Waals surface area (Å²) in [5.74, 6) is -0.591. The lowest BCUT2D eigenvalue weighted by molar-refractivity contribution is 0.0703. The molecule has 0 radical (unpaired) electrons. The summed E-state index contributed by atoms with van der Waals surface area (Å²) in [6.07, 6.45) is 1.66. The molecule has 112 valence electrons. The zero-order chi connectivity index (χ0) is 14.9. The van der Waals surface area contributed by atoms with Gasteiger partial charge in [-0.25, -0.2) is 4.79 Å². The molecule has 0 unspecified atom stereocenters. The van der Waals surface area contributed by atoms with Crippen molar-refractivity contribution in [1.29, 1.82) is 0 Å². The zero-order valence-corrected chi connectivity index (χ0v) is 13.1. The number of rotatable bonds is 4. The molecule has 0 atom stereocenters. The predicted molar refractivity (Wildman–Crippen MR) is 78.5 cm³/mol. The summed E-state index contributed by atoms with van der Waals surface area (Å²) >= 11 is 1.03. The number of aryl methyl sites for hydroxylation is 1. The van der Waals surface area contributed by atoms with Crippen LogP contribution < -0.4 is 4.72 Å². The first-order chi connectivity index (χ1) is 9.31. The normalized spacial score (nSPS) is 18.1. The largest absolute Gasteiger partial charge is 0.477 e. The van der Waals surface area contributed by atoms with Crippen molar-refractivity contribution >= 4 is 33.2 Å². The van der Waals surface area contributed by atoms with E-state index in [1.165, 1.54) is 4.31 Å². The first kappa shape index (κ1) is 15.3. The van der Waals surface area contributed by atoms with Gasteiger partial charge in [0.05, 0.1) is 5.69 Å². The number of nitrogens with zero attached hydrogens (tertiary/aromatic N) is 1. The molecule has 1 fully saturated rings. The van der Waals surface area contributed by atoms with E-state index in [0.29, 0.717) is 24.6 Å². The van der Waals surface area contributed by atoms with Crippen molar-refractivity contribution in [3.05, 3.63) is 15.8 Å². The number of carboxylic acid groups (broad SMARTS) is 1. The van der Waals surface area contributed by atoms with Gasteiger partial charge in [0.15, 0.2) is 0 Å². The van der Waals surface area contributed by atoms with E-state index < -0.39 is 16.2 Å². The Hall–Kier alpha value is -1.12. The van der Waals surface area contributed by atoms with E-state index in [4.69, 9.17) is 5.11 Å². The maximum atomic E-state index is 12.3. The van der Waals surface area contributed by atoms with Crippen LogP contribution in [0.25, 0.3) is 0 Å². The standard InChI is InChI=1S/C12H18N2O4S2/c1-8-3-5-14(6-4-8)20(17,18)13-10-9(2)7-19-11(10)12(15)16/h7-8,13H,3-6H2,1-2H3,(H,15,16). The Morgan fingerprint density at radius 2 is 2.05 bits per heavy atom.